The second-order valence-electron chi connectivity index (χ2n) is 5.19. The second-order valence-corrected chi connectivity index (χ2v) is 5.19. The summed E-state index contributed by atoms with van der Waals surface area (Å²) in [6.07, 6.45) is 5.71. The molecule has 2 saturated carbocycles. The maximum atomic E-state index is 10.3. The fraction of sp³-hybridized carbons (Fsp3) is 0.833. The minimum atomic E-state index is -1.14. The molecule has 0 saturated heterocycles. The molecule has 2 aliphatic rings. The predicted octanol–water partition coefficient (Wildman–Crippen LogP) is 2.87. The first-order chi connectivity index (χ1) is 8.30. The van der Waals surface area contributed by atoms with Crippen molar-refractivity contribution in [2.24, 2.45) is 0 Å². The Morgan fingerprint density at radius 1 is 0.737 bits per heavy atom. The third kappa shape index (κ3) is 4.76. The monoisotopic (exact) mass is 319 g/mol. The maximum Gasteiger partial charge on any atom is 2.00 e. The second kappa shape index (κ2) is 7.24. The molecule has 0 spiro atoms. The molecular formula is C12H20CuN2O4. The molecule has 0 unspecified atom stereocenters. The zero-order chi connectivity index (χ0) is 13.8. The van der Waals surface area contributed by atoms with Crippen molar-refractivity contribution < 1.29 is 36.9 Å². The van der Waals surface area contributed by atoms with Crippen LogP contribution in [-0.2, 0) is 26.7 Å². The normalized spacial score (nSPS) is 22.8. The predicted molar refractivity (Wildman–Crippen MR) is 66.3 cm³/mol. The molecular weight excluding hydrogens is 300 g/mol. The van der Waals surface area contributed by atoms with Crippen LogP contribution in [0.15, 0.2) is 0 Å². The van der Waals surface area contributed by atoms with Crippen molar-refractivity contribution in [1.82, 2.24) is 0 Å². The van der Waals surface area contributed by atoms with Crippen LogP contribution in [0.2, 0.25) is 0 Å². The molecule has 0 bridgehead atoms. The summed E-state index contributed by atoms with van der Waals surface area (Å²) in [5, 5.41) is 17.0. The summed E-state index contributed by atoms with van der Waals surface area (Å²) in [6.45, 7) is 0. The molecule has 7 heteroatoms. The first kappa shape index (κ1) is 18.4. The van der Waals surface area contributed by atoms with Gasteiger partial charge in [0.1, 0.15) is 0 Å². The maximum absolute atomic E-state index is 10.3. The Kier molecular flexibility index (Phi) is 7.00. The summed E-state index contributed by atoms with van der Waals surface area (Å²) in [7, 11) is 0. The van der Waals surface area contributed by atoms with Gasteiger partial charge in [-0.25, -0.2) is 0 Å². The van der Waals surface area contributed by atoms with Crippen LogP contribution in [0.4, 0.5) is 0 Å². The molecule has 0 heterocycles. The van der Waals surface area contributed by atoms with Crippen LogP contribution >= 0.6 is 0 Å². The van der Waals surface area contributed by atoms with Crippen LogP contribution in [0.1, 0.15) is 51.4 Å². The molecule has 4 N–H and O–H groups in total. The zero-order valence-corrected chi connectivity index (χ0v) is 11.6. The van der Waals surface area contributed by atoms with Crippen molar-refractivity contribution >= 4 is 11.9 Å². The summed E-state index contributed by atoms with van der Waals surface area (Å²) in [5.41, 5.74) is 12.4. The fourth-order valence-electron chi connectivity index (χ4n) is 2.38. The van der Waals surface area contributed by atoms with E-state index in [0.717, 1.165) is 25.7 Å². The summed E-state index contributed by atoms with van der Waals surface area (Å²) >= 11 is 0. The van der Waals surface area contributed by atoms with E-state index < -0.39 is 23.0 Å². The Hall–Kier alpha value is -0.621. The Morgan fingerprint density at radius 3 is 1.05 bits per heavy atom. The third-order valence-electron chi connectivity index (χ3n) is 3.73. The molecule has 1 radical (unpaired) electrons. The molecule has 0 aromatic heterocycles. The van der Waals surface area contributed by atoms with Crippen molar-refractivity contribution in [2.45, 2.75) is 62.4 Å². The van der Waals surface area contributed by atoms with Crippen molar-refractivity contribution in [3.8, 4) is 0 Å². The number of carbonyl (C=O) groups is 2. The van der Waals surface area contributed by atoms with E-state index in [0.29, 0.717) is 25.7 Å². The van der Waals surface area contributed by atoms with Gasteiger partial charge < -0.3 is 21.7 Å². The molecule has 6 nitrogen and oxygen atoms in total. The molecule has 0 atom stereocenters. The van der Waals surface area contributed by atoms with Gasteiger partial charge in [-0.05, 0) is 11.1 Å². The Bertz CT molecular complexity index is 292. The molecule has 0 aromatic carbocycles. The average molecular weight is 320 g/mol. The third-order valence-corrected chi connectivity index (χ3v) is 3.73. The molecule has 0 aromatic rings. The smallest absolute Gasteiger partial charge is 0.663 e. The van der Waals surface area contributed by atoms with Gasteiger partial charge in [-0.15, -0.1) is 0 Å². The van der Waals surface area contributed by atoms with Gasteiger partial charge in [-0.3, -0.25) is 9.59 Å². The summed E-state index contributed by atoms with van der Waals surface area (Å²) in [6, 6.07) is 0. The van der Waals surface area contributed by atoms with Crippen LogP contribution in [0.25, 0.3) is 11.5 Å². The van der Waals surface area contributed by atoms with Crippen LogP contribution in [0.5, 0.6) is 0 Å². The van der Waals surface area contributed by atoms with E-state index in [-0.39, 0.29) is 17.1 Å². The first-order valence-corrected chi connectivity index (χ1v) is 6.27. The quantitative estimate of drug-likeness (QED) is 0.759. The Balaban J connectivity index is 0.000000324. The minimum Gasteiger partial charge on any atom is -0.663 e. The van der Waals surface area contributed by atoms with Gasteiger partial charge in [0.2, 0.25) is 0 Å². The van der Waals surface area contributed by atoms with Crippen molar-refractivity contribution in [3.05, 3.63) is 11.5 Å². The summed E-state index contributed by atoms with van der Waals surface area (Å²) < 4.78 is 0. The number of hydrogen-bond acceptors (Lipinski definition) is 2. The molecule has 113 valence electrons. The van der Waals surface area contributed by atoms with E-state index in [2.05, 4.69) is 0 Å². The standard InChI is InChI=1S/2C6H10NO2.Cu/c2*7-6(5(8)9)3-1-2-4-6;/h2*7H,1-4H2,(H,8,9);/q2*-1;+2. The van der Waals surface area contributed by atoms with Gasteiger partial charge in [0.25, 0.3) is 11.9 Å². The fourth-order valence-corrected chi connectivity index (χ4v) is 2.38. The summed E-state index contributed by atoms with van der Waals surface area (Å²) in [4.78, 5) is 20.7. The number of carboxylic acids is 2. The number of aliphatic carboxylic acids is 2. The van der Waals surface area contributed by atoms with Gasteiger partial charge in [0.15, 0.2) is 0 Å². The van der Waals surface area contributed by atoms with E-state index in [1.54, 1.807) is 0 Å². The number of rotatable bonds is 2. The largest absolute Gasteiger partial charge is 2.00 e. The molecule has 0 amide bonds. The van der Waals surface area contributed by atoms with Crippen molar-refractivity contribution in [3.63, 3.8) is 0 Å². The van der Waals surface area contributed by atoms with Crippen molar-refractivity contribution in [2.75, 3.05) is 0 Å². The Labute approximate surface area is 123 Å². The van der Waals surface area contributed by atoms with E-state index >= 15 is 0 Å². The van der Waals surface area contributed by atoms with Crippen molar-refractivity contribution in [1.29, 1.82) is 0 Å². The van der Waals surface area contributed by atoms with Crippen LogP contribution in [0.3, 0.4) is 0 Å². The number of hydrogen-bond donors (Lipinski definition) is 2. The average Bonchev–Trinajstić information content (AvgIpc) is 2.90. The van der Waals surface area contributed by atoms with E-state index in [1.807, 2.05) is 0 Å². The van der Waals surface area contributed by atoms with Gasteiger partial charge in [0.05, 0.1) is 0 Å². The molecule has 19 heavy (non-hydrogen) atoms. The van der Waals surface area contributed by atoms with E-state index in [9.17, 15) is 9.59 Å². The van der Waals surface area contributed by atoms with Gasteiger partial charge in [-0.1, -0.05) is 51.4 Å². The van der Waals surface area contributed by atoms with Gasteiger partial charge >= 0.3 is 17.1 Å². The van der Waals surface area contributed by atoms with Crippen LogP contribution in [-0.4, -0.2) is 33.2 Å². The first-order valence-electron chi connectivity index (χ1n) is 6.27. The Morgan fingerprint density at radius 2 is 0.947 bits per heavy atom. The molecule has 2 rings (SSSR count). The minimum absolute atomic E-state index is 0. The van der Waals surface area contributed by atoms with E-state index in [4.69, 9.17) is 21.7 Å². The topological polar surface area (TPSA) is 122 Å². The zero-order valence-electron chi connectivity index (χ0n) is 10.7. The van der Waals surface area contributed by atoms with Crippen LogP contribution < -0.4 is 0 Å². The van der Waals surface area contributed by atoms with Gasteiger partial charge in [-0.2, -0.15) is 0 Å². The van der Waals surface area contributed by atoms with E-state index in [1.165, 1.54) is 0 Å². The number of carboxylic acid groups (broad SMARTS) is 2. The molecule has 2 aliphatic carbocycles. The number of nitrogens with one attached hydrogen (secondary N) is 2. The van der Waals surface area contributed by atoms with Gasteiger partial charge in [0, 0.05) is 0 Å². The SMILES string of the molecule is [Cu+2].[NH-]C1(C(=O)O)CCCC1.[NH-]C1(C(=O)O)CCCC1. The molecule has 0 aliphatic heterocycles. The molecule has 2 fully saturated rings. The van der Waals surface area contributed by atoms with Crippen LogP contribution in [0, 0.1) is 0 Å². The summed E-state index contributed by atoms with van der Waals surface area (Å²) in [5.74, 6) is -1.92.